The molecule has 278 valence electrons. The molecule has 0 amide bonds. The Hall–Kier alpha value is -7.40. The number of hydrogen-bond acceptors (Lipinski definition) is 9. The summed E-state index contributed by atoms with van der Waals surface area (Å²) in [6, 6.07) is 53.6. The van der Waals surface area contributed by atoms with E-state index in [0.29, 0.717) is 17.5 Å². The van der Waals surface area contributed by atoms with Gasteiger partial charge in [-0.2, -0.15) is 0 Å². The molecule has 5 aromatic heterocycles. The molecule has 0 aliphatic rings. The third-order valence-electron chi connectivity index (χ3n) is 10.7. The smallest absolute Gasteiger partial charge is 0.164 e. The summed E-state index contributed by atoms with van der Waals surface area (Å²) < 4.78 is 10.6. The van der Waals surface area contributed by atoms with Crippen molar-refractivity contribution >= 4 is 76.1 Å². The second kappa shape index (κ2) is 13.3. The van der Waals surface area contributed by atoms with Crippen LogP contribution in [0.5, 0.6) is 0 Å². The number of aromatic nitrogens is 7. The molecule has 0 fully saturated rings. The summed E-state index contributed by atoms with van der Waals surface area (Å²) in [4.78, 5) is 30.8. The lowest BCUT2D eigenvalue weighted by molar-refractivity contribution is 0.669. The highest BCUT2D eigenvalue weighted by atomic mass is 32.1. The average molecular weight is 796 g/mol. The van der Waals surface area contributed by atoms with Crippen LogP contribution in [0.1, 0.15) is 0 Å². The van der Waals surface area contributed by atoms with Gasteiger partial charge in [-0.25, -0.2) is 29.9 Å². The van der Waals surface area contributed by atoms with Gasteiger partial charge in [0.25, 0.3) is 0 Å². The summed E-state index contributed by atoms with van der Waals surface area (Å²) in [6.07, 6.45) is 0. The van der Waals surface area contributed by atoms with Gasteiger partial charge in [0.15, 0.2) is 17.5 Å². The molecule has 0 N–H and O–H groups in total. The van der Waals surface area contributed by atoms with Gasteiger partial charge in [0, 0.05) is 51.2 Å². The Morgan fingerprint density at radius 1 is 0.407 bits per heavy atom. The van der Waals surface area contributed by atoms with E-state index in [-0.39, 0.29) is 0 Å². The SMILES string of the molecule is Cn1c(-c2ccccc2)nc2ccc(-c3nc(-c4cc(-c5nc6ccccc6s5)cc(-c5nc6ccccc6s5)c4)nc(-c4ccc5oc6ccccc6c5c4)n3)cc21. The van der Waals surface area contributed by atoms with Gasteiger partial charge in [0.05, 0.1) is 31.5 Å². The Morgan fingerprint density at radius 3 is 1.66 bits per heavy atom. The first-order valence-corrected chi connectivity index (χ1v) is 20.8. The molecule has 12 rings (SSSR count). The number of aryl methyl sites for hydroxylation is 1. The maximum absolute atomic E-state index is 6.20. The molecule has 0 spiro atoms. The normalized spacial score (nSPS) is 11.8. The maximum Gasteiger partial charge on any atom is 0.164 e. The van der Waals surface area contributed by atoms with Crippen LogP contribution in [-0.4, -0.2) is 34.5 Å². The summed E-state index contributed by atoms with van der Waals surface area (Å²) in [5, 5.41) is 3.87. The van der Waals surface area contributed by atoms with E-state index in [2.05, 4.69) is 89.5 Å². The van der Waals surface area contributed by atoms with Gasteiger partial charge >= 0.3 is 0 Å². The number of fused-ring (bicyclic) bond motifs is 6. The molecule has 0 radical (unpaired) electrons. The first-order chi connectivity index (χ1) is 29.1. The Bertz CT molecular complexity index is 3440. The van der Waals surface area contributed by atoms with E-state index in [9.17, 15) is 0 Å². The van der Waals surface area contributed by atoms with Crippen LogP contribution in [-0.2, 0) is 7.05 Å². The zero-order valence-corrected chi connectivity index (χ0v) is 33.0. The van der Waals surface area contributed by atoms with Crippen molar-refractivity contribution in [3.63, 3.8) is 0 Å². The van der Waals surface area contributed by atoms with E-state index in [1.165, 1.54) is 0 Å². The molecule has 59 heavy (non-hydrogen) atoms. The molecule has 10 heteroatoms. The van der Waals surface area contributed by atoms with Crippen LogP contribution in [0.3, 0.4) is 0 Å². The van der Waals surface area contributed by atoms with Crippen LogP contribution in [0.4, 0.5) is 0 Å². The van der Waals surface area contributed by atoms with Gasteiger partial charge in [-0.1, -0.05) is 72.8 Å². The van der Waals surface area contributed by atoms with Crippen LogP contribution in [0.2, 0.25) is 0 Å². The molecule has 0 saturated carbocycles. The fourth-order valence-electron chi connectivity index (χ4n) is 7.80. The Balaban J connectivity index is 1.08. The van der Waals surface area contributed by atoms with Crippen LogP contribution < -0.4 is 0 Å². The lowest BCUT2D eigenvalue weighted by Gasteiger charge is -2.11. The number of rotatable bonds is 6. The van der Waals surface area contributed by atoms with Crippen molar-refractivity contribution in [3.8, 4) is 66.7 Å². The minimum absolute atomic E-state index is 0.544. The minimum atomic E-state index is 0.544. The minimum Gasteiger partial charge on any atom is -0.456 e. The quantitative estimate of drug-likeness (QED) is 0.165. The molecule has 5 heterocycles. The second-order valence-corrected chi connectivity index (χ2v) is 16.5. The molecular weight excluding hydrogens is 767 g/mol. The average Bonchev–Trinajstić information content (AvgIpc) is 4.09. The predicted octanol–water partition coefficient (Wildman–Crippen LogP) is 12.9. The third kappa shape index (κ3) is 5.80. The Morgan fingerprint density at radius 2 is 0.966 bits per heavy atom. The van der Waals surface area contributed by atoms with Gasteiger partial charge in [-0.3, -0.25) is 0 Å². The number of para-hydroxylation sites is 3. The molecule has 0 aliphatic heterocycles. The lowest BCUT2D eigenvalue weighted by Crippen LogP contribution is -2.01. The van der Waals surface area contributed by atoms with Crippen LogP contribution in [0.15, 0.2) is 162 Å². The standard InChI is InChI=1S/C49H29N7OS2/c1-56-39-27-30(19-21-36(39)50-47(56)28-11-3-2-4-12-28)45-53-44(29-20-22-41-35(26-29)34-13-5-8-16-40(34)57-41)54-46(55-45)31-23-32(48-51-37-14-6-9-17-42(37)58-48)25-33(24-31)49-52-38-15-7-10-18-43(38)59-49/h2-27H,1H3. The summed E-state index contributed by atoms with van der Waals surface area (Å²) in [5.74, 6) is 2.55. The molecule has 12 aromatic rings. The molecule has 0 aliphatic carbocycles. The fraction of sp³-hybridized carbons (Fsp3) is 0.0204. The van der Waals surface area contributed by atoms with E-state index >= 15 is 0 Å². The van der Waals surface area contributed by atoms with Crippen molar-refractivity contribution < 1.29 is 4.42 Å². The lowest BCUT2D eigenvalue weighted by atomic mass is 10.0. The second-order valence-electron chi connectivity index (χ2n) is 14.5. The van der Waals surface area contributed by atoms with Gasteiger partial charge in [0.1, 0.15) is 27.0 Å². The fourth-order valence-corrected chi connectivity index (χ4v) is 9.70. The Labute approximate surface area is 344 Å². The monoisotopic (exact) mass is 795 g/mol. The number of hydrogen-bond donors (Lipinski definition) is 0. The zero-order chi connectivity index (χ0) is 39.0. The van der Waals surface area contributed by atoms with Crippen LogP contribution in [0, 0.1) is 0 Å². The van der Waals surface area contributed by atoms with Crippen molar-refractivity contribution in [1.29, 1.82) is 0 Å². The summed E-state index contributed by atoms with van der Waals surface area (Å²) >= 11 is 3.34. The van der Waals surface area contributed by atoms with Crippen molar-refractivity contribution in [1.82, 2.24) is 34.5 Å². The summed E-state index contributed by atoms with van der Waals surface area (Å²) in [5.41, 5.74) is 11.0. The topological polar surface area (TPSA) is 95.4 Å². The van der Waals surface area contributed by atoms with Crippen molar-refractivity contribution in [3.05, 3.63) is 158 Å². The Kier molecular flexibility index (Phi) is 7.62. The van der Waals surface area contributed by atoms with E-state index < -0.39 is 0 Å². The van der Waals surface area contributed by atoms with Gasteiger partial charge in [-0.15, -0.1) is 22.7 Å². The zero-order valence-electron chi connectivity index (χ0n) is 31.4. The highest BCUT2D eigenvalue weighted by Gasteiger charge is 2.20. The first kappa shape index (κ1) is 33.7. The van der Waals surface area contributed by atoms with E-state index in [4.69, 9.17) is 34.3 Å². The molecule has 0 unspecified atom stereocenters. The molecule has 0 saturated heterocycles. The van der Waals surface area contributed by atoms with E-state index in [1.54, 1.807) is 22.7 Å². The van der Waals surface area contributed by atoms with Crippen molar-refractivity contribution in [2.24, 2.45) is 7.05 Å². The summed E-state index contributed by atoms with van der Waals surface area (Å²) in [6.45, 7) is 0. The number of nitrogens with zero attached hydrogens (tertiary/aromatic N) is 7. The molecular formula is C49H29N7OS2. The molecule has 0 bridgehead atoms. The van der Waals surface area contributed by atoms with Crippen LogP contribution in [0.25, 0.3) is 120 Å². The number of imidazole rings is 1. The van der Waals surface area contributed by atoms with Gasteiger partial charge < -0.3 is 8.98 Å². The highest BCUT2D eigenvalue weighted by molar-refractivity contribution is 7.22. The third-order valence-corrected chi connectivity index (χ3v) is 12.9. The largest absolute Gasteiger partial charge is 0.456 e. The van der Waals surface area contributed by atoms with E-state index in [1.807, 2.05) is 79.8 Å². The number of benzene rings is 7. The van der Waals surface area contributed by atoms with E-state index in [0.717, 1.165) is 103 Å². The summed E-state index contributed by atoms with van der Waals surface area (Å²) in [7, 11) is 2.05. The highest BCUT2D eigenvalue weighted by Crippen LogP contribution is 2.39. The van der Waals surface area contributed by atoms with Crippen molar-refractivity contribution in [2.75, 3.05) is 0 Å². The first-order valence-electron chi connectivity index (χ1n) is 19.2. The number of furan rings is 1. The predicted molar refractivity (Wildman–Crippen MR) is 240 cm³/mol. The number of thiazole rings is 2. The molecule has 8 nitrogen and oxygen atoms in total. The maximum atomic E-state index is 6.20. The van der Waals surface area contributed by atoms with Crippen molar-refractivity contribution in [2.45, 2.75) is 0 Å². The van der Waals surface area contributed by atoms with Gasteiger partial charge in [-0.05, 0) is 84.9 Å². The van der Waals surface area contributed by atoms with Gasteiger partial charge in [0.2, 0.25) is 0 Å². The van der Waals surface area contributed by atoms with Crippen LogP contribution >= 0.6 is 22.7 Å². The molecule has 0 atom stereocenters. The molecule has 7 aromatic carbocycles.